The highest BCUT2D eigenvalue weighted by Crippen LogP contribution is 2.35. The van der Waals surface area contributed by atoms with E-state index < -0.39 is 0 Å². The third kappa shape index (κ3) is 2.45. The maximum atomic E-state index is 13.1. The van der Waals surface area contributed by atoms with Crippen LogP contribution in [0.3, 0.4) is 0 Å². The zero-order valence-corrected chi connectivity index (χ0v) is 18.0. The second-order valence-corrected chi connectivity index (χ2v) is 9.72. The van der Waals surface area contributed by atoms with E-state index in [9.17, 15) is 9.59 Å². The van der Waals surface area contributed by atoms with Crippen LogP contribution in [0.15, 0.2) is 46.0 Å². The van der Waals surface area contributed by atoms with Crippen molar-refractivity contribution >= 4 is 86.2 Å². The molecule has 0 saturated carbocycles. The summed E-state index contributed by atoms with van der Waals surface area (Å²) in [4.78, 5) is 26.3. The zero-order chi connectivity index (χ0) is 19.7. The topological polar surface area (TPSA) is 34.1 Å². The van der Waals surface area contributed by atoms with Crippen molar-refractivity contribution in [1.29, 1.82) is 0 Å². The molecule has 2 heterocycles. The van der Waals surface area contributed by atoms with E-state index in [0.29, 0.717) is 31.6 Å². The smallest absolute Gasteiger partial charge is 0.195 e. The van der Waals surface area contributed by atoms with Crippen molar-refractivity contribution in [2.45, 2.75) is 13.8 Å². The Hall–Kier alpha value is -1.98. The summed E-state index contributed by atoms with van der Waals surface area (Å²) in [5, 5.41) is 3.83. The SMILES string of the molecule is Cc1c(Cl)ccc2c(=O)c3cc4sc5c(C)c(Cl)ccc5c(=O)c4cc3sc12. The van der Waals surface area contributed by atoms with Crippen molar-refractivity contribution in [3.8, 4) is 0 Å². The van der Waals surface area contributed by atoms with E-state index >= 15 is 0 Å². The number of hydrogen-bond donors (Lipinski definition) is 0. The van der Waals surface area contributed by atoms with E-state index in [-0.39, 0.29) is 10.9 Å². The predicted molar refractivity (Wildman–Crippen MR) is 124 cm³/mol. The van der Waals surface area contributed by atoms with Crippen molar-refractivity contribution < 1.29 is 0 Å². The quantitative estimate of drug-likeness (QED) is 0.240. The van der Waals surface area contributed by atoms with E-state index in [2.05, 4.69) is 0 Å². The Bertz CT molecular complexity index is 1480. The normalized spacial score (nSPS) is 11.9. The molecule has 0 spiro atoms. The van der Waals surface area contributed by atoms with Gasteiger partial charge in [-0.15, -0.1) is 22.7 Å². The molecule has 3 aromatic carbocycles. The number of benzene rings is 3. The van der Waals surface area contributed by atoms with Crippen molar-refractivity contribution in [3.05, 3.63) is 78.0 Å². The van der Waals surface area contributed by atoms with Gasteiger partial charge < -0.3 is 0 Å². The van der Waals surface area contributed by atoms with Gasteiger partial charge in [0.25, 0.3) is 0 Å². The minimum absolute atomic E-state index is 0.0343. The molecule has 0 radical (unpaired) electrons. The fourth-order valence-electron chi connectivity index (χ4n) is 3.55. The number of aryl methyl sites for hydroxylation is 2. The lowest BCUT2D eigenvalue weighted by Gasteiger charge is -2.08. The molecule has 6 heteroatoms. The molecule has 0 amide bonds. The van der Waals surface area contributed by atoms with Gasteiger partial charge in [0.15, 0.2) is 10.9 Å². The van der Waals surface area contributed by atoms with Gasteiger partial charge in [0.05, 0.1) is 0 Å². The molecule has 5 aromatic rings. The molecule has 0 fully saturated rings. The molecule has 0 bridgehead atoms. The van der Waals surface area contributed by atoms with Crippen LogP contribution in [0.4, 0.5) is 0 Å². The first-order valence-corrected chi connectivity index (χ1v) is 11.0. The molecule has 28 heavy (non-hydrogen) atoms. The molecular formula is C22H12Cl2O2S2. The van der Waals surface area contributed by atoms with E-state index in [1.165, 1.54) is 22.7 Å². The molecule has 2 nitrogen and oxygen atoms in total. The van der Waals surface area contributed by atoms with Gasteiger partial charge in [0, 0.05) is 50.4 Å². The first-order chi connectivity index (χ1) is 13.4. The van der Waals surface area contributed by atoms with Gasteiger partial charge in [-0.3, -0.25) is 9.59 Å². The van der Waals surface area contributed by atoms with Gasteiger partial charge in [0.2, 0.25) is 0 Å². The molecule has 0 aliphatic heterocycles. The highest BCUT2D eigenvalue weighted by molar-refractivity contribution is 7.26. The molecule has 5 rings (SSSR count). The minimum atomic E-state index is -0.0343. The minimum Gasteiger partial charge on any atom is -0.289 e. The Kier molecular flexibility index (Phi) is 4.04. The van der Waals surface area contributed by atoms with Gasteiger partial charge >= 0.3 is 0 Å². The highest BCUT2D eigenvalue weighted by atomic mass is 35.5. The summed E-state index contributed by atoms with van der Waals surface area (Å²) in [7, 11) is 0. The monoisotopic (exact) mass is 442 g/mol. The van der Waals surface area contributed by atoms with Crippen molar-refractivity contribution in [3.63, 3.8) is 0 Å². The maximum absolute atomic E-state index is 13.1. The summed E-state index contributed by atoms with van der Waals surface area (Å²) in [5.74, 6) is 0. The second-order valence-electron chi connectivity index (χ2n) is 6.81. The summed E-state index contributed by atoms with van der Waals surface area (Å²) in [6.07, 6.45) is 0. The van der Waals surface area contributed by atoms with Crippen LogP contribution >= 0.6 is 45.9 Å². The fraction of sp³-hybridized carbons (Fsp3) is 0.0909. The molecule has 0 unspecified atom stereocenters. The first-order valence-electron chi connectivity index (χ1n) is 8.58. The molecule has 0 atom stereocenters. The lowest BCUT2D eigenvalue weighted by Crippen LogP contribution is -2.05. The number of halogens is 2. The van der Waals surface area contributed by atoms with E-state index in [0.717, 1.165) is 29.9 Å². The molecular weight excluding hydrogens is 431 g/mol. The summed E-state index contributed by atoms with van der Waals surface area (Å²) < 4.78 is 3.32. The van der Waals surface area contributed by atoms with E-state index in [1.54, 1.807) is 24.3 Å². The van der Waals surface area contributed by atoms with Crippen molar-refractivity contribution in [2.75, 3.05) is 0 Å². The molecule has 0 aliphatic carbocycles. The highest BCUT2D eigenvalue weighted by Gasteiger charge is 2.14. The van der Waals surface area contributed by atoms with Crippen LogP contribution in [0.2, 0.25) is 10.0 Å². The van der Waals surface area contributed by atoms with Crippen LogP contribution in [0.1, 0.15) is 11.1 Å². The summed E-state index contributed by atoms with van der Waals surface area (Å²) in [6, 6.07) is 10.8. The Morgan fingerprint density at radius 1 is 0.643 bits per heavy atom. The number of fused-ring (bicyclic) bond motifs is 4. The predicted octanol–water partition coefficient (Wildman–Crippen LogP) is 7.07. The van der Waals surface area contributed by atoms with Crippen LogP contribution in [0.25, 0.3) is 40.3 Å². The third-order valence-electron chi connectivity index (χ3n) is 5.16. The van der Waals surface area contributed by atoms with Gasteiger partial charge in [-0.2, -0.15) is 0 Å². The lowest BCUT2D eigenvalue weighted by molar-refractivity contribution is 1.55. The summed E-state index contributed by atoms with van der Waals surface area (Å²) >= 11 is 15.5. The molecule has 138 valence electrons. The van der Waals surface area contributed by atoms with Gasteiger partial charge in [0.1, 0.15) is 0 Å². The average molecular weight is 443 g/mol. The van der Waals surface area contributed by atoms with Crippen LogP contribution in [-0.4, -0.2) is 0 Å². The van der Waals surface area contributed by atoms with Crippen molar-refractivity contribution in [2.24, 2.45) is 0 Å². The average Bonchev–Trinajstić information content (AvgIpc) is 2.68. The fourth-order valence-corrected chi connectivity index (χ4v) is 6.36. The molecule has 0 N–H and O–H groups in total. The van der Waals surface area contributed by atoms with Crippen LogP contribution in [0, 0.1) is 13.8 Å². The maximum Gasteiger partial charge on any atom is 0.195 e. The zero-order valence-electron chi connectivity index (χ0n) is 14.9. The van der Waals surface area contributed by atoms with Crippen molar-refractivity contribution in [1.82, 2.24) is 0 Å². The van der Waals surface area contributed by atoms with Crippen LogP contribution < -0.4 is 10.9 Å². The van der Waals surface area contributed by atoms with Gasteiger partial charge in [-0.25, -0.2) is 0 Å². The Morgan fingerprint density at radius 2 is 1.04 bits per heavy atom. The van der Waals surface area contributed by atoms with E-state index in [1.807, 2.05) is 26.0 Å². The molecule has 0 saturated heterocycles. The Balaban J connectivity index is 2.02. The summed E-state index contributed by atoms with van der Waals surface area (Å²) in [6.45, 7) is 3.82. The second kappa shape index (κ2) is 6.26. The largest absolute Gasteiger partial charge is 0.289 e. The Labute approximate surface area is 177 Å². The van der Waals surface area contributed by atoms with Crippen LogP contribution in [0.5, 0.6) is 0 Å². The molecule has 2 aromatic heterocycles. The lowest BCUT2D eigenvalue weighted by atomic mass is 10.1. The Morgan fingerprint density at radius 3 is 1.43 bits per heavy atom. The molecule has 0 aliphatic rings. The van der Waals surface area contributed by atoms with Gasteiger partial charge in [-0.1, -0.05) is 23.2 Å². The standard InChI is InChI=1S/C22H12Cl2O2S2/c1-9-15(23)5-3-11-19(25)13-8-18-14(7-17(13)27-21(9)11)20(26)12-4-6-16(24)10(2)22(12)28-18/h3-8H,1-2H3. The van der Waals surface area contributed by atoms with Crippen LogP contribution in [-0.2, 0) is 0 Å². The number of rotatable bonds is 0. The first kappa shape index (κ1) is 18.1. The third-order valence-corrected chi connectivity index (χ3v) is 8.56. The number of hydrogen-bond acceptors (Lipinski definition) is 4. The van der Waals surface area contributed by atoms with Gasteiger partial charge in [-0.05, 0) is 61.4 Å². The summed E-state index contributed by atoms with van der Waals surface area (Å²) in [5.41, 5.74) is 1.70. The van der Waals surface area contributed by atoms with E-state index in [4.69, 9.17) is 23.2 Å².